The lowest BCUT2D eigenvalue weighted by molar-refractivity contribution is -0.141. The number of hydrogen-bond donors (Lipinski definition) is 1. The van der Waals surface area contributed by atoms with E-state index in [0.29, 0.717) is 0 Å². The largest absolute Gasteiger partial charge is 0.481 e. The number of carboxylic acid groups (broad SMARTS) is 1. The van der Waals surface area contributed by atoms with E-state index in [9.17, 15) is 22.8 Å². The summed E-state index contributed by atoms with van der Waals surface area (Å²) in [4.78, 5) is 23.8. The van der Waals surface area contributed by atoms with E-state index in [4.69, 9.17) is 5.11 Å². The van der Waals surface area contributed by atoms with Crippen LogP contribution < -0.4 is 0 Å². The summed E-state index contributed by atoms with van der Waals surface area (Å²) in [5.74, 6) is -2.15. The van der Waals surface area contributed by atoms with E-state index in [1.54, 1.807) is 0 Å². The van der Waals surface area contributed by atoms with Crippen molar-refractivity contribution in [1.29, 1.82) is 0 Å². The Balaban J connectivity index is 2.05. The lowest BCUT2D eigenvalue weighted by Crippen LogP contribution is -2.29. The Bertz CT molecular complexity index is 557. The fraction of sp³-hybridized carbons (Fsp3) is 0.429. The second-order valence-corrected chi connectivity index (χ2v) is 4.98. The third-order valence-corrected chi connectivity index (χ3v) is 3.54. The van der Waals surface area contributed by atoms with Gasteiger partial charge in [0.1, 0.15) is 0 Å². The molecule has 1 aliphatic heterocycles. The number of aliphatic carboxylic acids is 1. The molecule has 114 valence electrons. The average Bonchev–Trinajstić information content (AvgIpc) is 2.77. The van der Waals surface area contributed by atoms with Crippen molar-refractivity contribution in [3.63, 3.8) is 0 Å². The van der Waals surface area contributed by atoms with Crippen molar-refractivity contribution in [3.8, 4) is 0 Å². The minimum atomic E-state index is -4.44. The molecule has 1 fully saturated rings. The number of alkyl halides is 3. The molecular weight excluding hydrogens is 287 g/mol. The van der Waals surface area contributed by atoms with E-state index < -0.39 is 23.6 Å². The Morgan fingerprint density at radius 1 is 1.33 bits per heavy atom. The number of rotatable bonds is 4. The second-order valence-electron chi connectivity index (χ2n) is 4.98. The molecule has 2 rings (SSSR count). The topological polar surface area (TPSA) is 57.6 Å². The first-order valence-corrected chi connectivity index (χ1v) is 6.44. The van der Waals surface area contributed by atoms with Gasteiger partial charge in [-0.25, -0.2) is 0 Å². The van der Waals surface area contributed by atoms with Gasteiger partial charge in [-0.2, -0.15) is 13.2 Å². The summed E-state index contributed by atoms with van der Waals surface area (Å²) >= 11 is 0. The number of carboxylic acids is 1. The van der Waals surface area contributed by atoms with Crippen molar-refractivity contribution in [3.05, 3.63) is 35.4 Å². The van der Waals surface area contributed by atoms with Crippen LogP contribution >= 0.6 is 0 Å². The van der Waals surface area contributed by atoms with Crippen molar-refractivity contribution >= 4 is 11.9 Å². The Labute approximate surface area is 119 Å². The van der Waals surface area contributed by atoms with Gasteiger partial charge in [0.05, 0.1) is 11.5 Å². The molecule has 7 heteroatoms. The maximum atomic E-state index is 12.8. The molecule has 1 atom stereocenters. The number of halogens is 3. The number of hydrogen-bond acceptors (Lipinski definition) is 2. The molecule has 21 heavy (non-hydrogen) atoms. The Kier molecular flexibility index (Phi) is 4.20. The number of nitrogens with zero attached hydrogens (tertiary/aromatic N) is 1. The fourth-order valence-electron chi connectivity index (χ4n) is 2.42. The van der Waals surface area contributed by atoms with Crippen LogP contribution in [0.4, 0.5) is 13.2 Å². The van der Waals surface area contributed by atoms with Crippen LogP contribution in [0.5, 0.6) is 0 Å². The molecule has 0 aromatic heterocycles. The smallest absolute Gasteiger partial charge is 0.416 e. The Hall–Kier alpha value is -2.05. The molecule has 0 saturated carbocycles. The molecule has 0 aliphatic carbocycles. The molecule has 0 spiro atoms. The Morgan fingerprint density at radius 3 is 2.57 bits per heavy atom. The maximum Gasteiger partial charge on any atom is 0.416 e. The number of carbonyl (C=O) groups excluding carboxylic acids is 1. The van der Waals surface area contributed by atoms with Gasteiger partial charge in [-0.3, -0.25) is 9.59 Å². The van der Waals surface area contributed by atoms with Crippen LogP contribution in [0.3, 0.4) is 0 Å². The van der Waals surface area contributed by atoms with E-state index >= 15 is 0 Å². The van der Waals surface area contributed by atoms with Crippen molar-refractivity contribution in [2.45, 2.75) is 19.0 Å². The van der Waals surface area contributed by atoms with E-state index in [0.717, 1.165) is 6.07 Å². The van der Waals surface area contributed by atoms with Gasteiger partial charge in [-0.15, -0.1) is 0 Å². The molecule has 0 bridgehead atoms. The summed E-state index contributed by atoms with van der Waals surface area (Å²) < 4.78 is 38.5. The van der Waals surface area contributed by atoms with Crippen LogP contribution in [0, 0.1) is 5.92 Å². The monoisotopic (exact) mass is 301 g/mol. The molecule has 1 aromatic rings. The van der Waals surface area contributed by atoms with Crippen molar-refractivity contribution in [1.82, 2.24) is 4.90 Å². The molecule has 1 heterocycles. The minimum Gasteiger partial charge on any atom is -0.481 e. The van der Waals surface area contributed by atoms with Gasteiger partial charge in [0.15, 0.2) is 0 Å². The first-order valence-electron chi connectivity index (χ1n) is 6.44. The predicted molar refractivity (Wildman–Crippen MR) is 67.5 cm³/mol. The zero-order valence-corrected chi connectivity index (χ0v) is 11.1. The van der Waals surface area contributed by atoms with Crippen LogP contribution in [-0.4, -0.2) is 35.0 Å². The van der Waals surface area contributed by atoms with Gasteiger partial charge < -0.3 is 10.0 Å². The number of benzene rings is 1. The van der Waals surface area contributed by atoms with Crippen LogP contribution in [0.2, 0.25) is 0 Å². The molecule has 1 amide bonds. The summed E-state index contributed by atoms with van der Waals surface area (Å²) in [7, 11) is 0. The third-order valence-electron chi connectivity index (χ3n) is 3.54. The van der Waals surface area contributed by atoms with E-state index in [-0.39, 0.29) is 37.4 Å². The summed E-state index contributed by atoms with van der Waals surface area (Å²) in [6, 6.07) is 5.20. The van der Waals surface area contributed by atoms with Crippen molar-refractivity contribution in [2.24, 2.45) is 5.92 Å². The summed E-state index contributed by atoms with van der Waals surface area (Å²) in [5.41, 5.74) is -0.608. The van der Waals surface area contributed by atoms with Crippen LogP contribution in [0.15, 0.2) is 24.3 Å². The lowest BCUT2D eigenvalue weighted by Gasteiger charge is -2.18. The maximum absolute atomic E-state index is 12.8. The Morgan fingerprint density at radius 2 is 2.00 bits per heavy atom. The highest BCUT2D eigenvalue weighted by Gasteiger charge is 2.35. The molecule has 1 N–H and O–H groups in total. The van der Waals surface area contributed by atoms with E-state index in [1.165, 1.54) is 23.1 Å². The molecule has 4 nitrogen and oxygen atoms in total. The number of amides is 1. The zero-order chi connectivity index (χ0) is 15.6. The van der Waals surface area contributed by atoms with Gasteiger partial charge in [0.25, 0.3) is 0 Å². The second kappa shape index (κ2) is 5.75. The van der Waals surface area contributed by atoms with Crippen molar-refractivity contribution in [2.75, 3.05) is 13.1 Å². The van der Waals surface area contributed by atoms with Crippen molar-refractivity contribution < 1.29 is 27.9 Å². The van der Waals surface area contributed by atoms with Crippen LogP contribution in [0.1, 0.15) is 17.5 Å². The molecule has 1 aromatic carbocycles. The predicted octanol–water partition coefficient (Wildman–Crippen LogP) is 2.18. The van der Waals surface area contributed by atoms with Gasteiger partial charge in [-0.1, -0.05) is 18.2 Å². The van der Waals surface area contributed by atoms with E-state index in [1.807, 2.05) is 0 Å². The van der Waals surface area contributed by atoms with Gasteiger partial charge in [0, 0.05) is 19.5 Å². The quantitative estimate of drug-likeness (QED) is 0.927. The van der Waals surface area contributed by atoms with Gasteiger partial charge in [0.2, 0.25) is 5.91 Å². The van der Waals surface area contributed by atoms with E-state index in [2.05, 4.69) is 0 Å². The summed E-state index contributed by atoms with van der Waals surface area (Å²) in [6.45, 7) is 0.151. The highest BCUT2D eigenvalue weighted by molar-refractivity contribution is 5.86. The SMILES string of the molecule is O=C(O)C1CC(=O)N(CCc2ccccc2C(F)(F)F)C1. The van der Waals surface area contributed by atoms with Crippen LogP contribution in [0.25, 0.3) is 0 Å². The standard InChI is InChI=1S/C14H14F3NO3/c15-14(16,17)11-4-2-1-3-9(11)5-6-18-8-10(13(20)21)7-12(18)19/h1-4,10H,5-8H2,(H,20,21). The zero-order valence-electron chi connectivity index (χ0n) is 11.1. The summed E-state index contributed by atoms with van der Waals surface area (Å²) in [6.07, 6.45) is -4.47. The normalized spacial score (nSPS) is 19.1. The lowest BCUT2D eigenvalue weighted by atomic mass is 10.0. The first-order chi connectivity index (χ1) is 9.79. The molecule has 1 aliphatic rings. The molecule has 1 saturated heterocycles. The molecule has 0 radical (unpaired) electrons. The fourth-order valence-corrected chi connectivity index (χ4v) is 2.42. The van der Waals surface area contributed by atoms with Crippen LogP contribution in [-0.2, 0) is 22.2 Å². The minimum absolute atomic E-state index is 0.0494. The molecule has 1 unspecified atom stereocenters. The average molecular weight is 301 g/mol. The summed E-state index contributed by atoms with van der Waals surface area (Å²) in [5, 5.41) is 8.86. The number of carbonyl (C=O) groups is 2. The van der Waals surface area contributed by atoms with Gasteiger partial charge >= 0.3 is 12.1 Å². The van der Waals surface area contributed by atoms with Gasteiger partial charge in [-0.05, 0) is 18.1 Å². The first kappa shape index (κ1) is 15.3. The third kappa shape index (κ3) is 3.53. The highest BCUT2D eigenvalue weighted by Crippen LogP contribution is 2.32. The molecular formula is C14H14F3NO3. The highest BCUT2D eigenvalue weighted by atomic mass is 19.4. The number of likely N-dealkylation sites (tertiary alicyclic amines) is 1.